The summed E-state index contributed by atoms with van der Waals surface area (Å²) < 4.78 is 6.79. The SMILES string of the molecule is CCOC(=O)c1nnn(CC2CSc3ccccc32)c1C. The van der Waals surface area contributed by atoms with Gasteiger partial charge in [-0.2, -0.15) is 0 Å². The van der Waals surface area contributed by atoms with Crippen molar-refractivity contribution in [2.45, 2.75) is 31.2 Å². The number of hydrogen-bond donors (Lipinski definition) is 0. The molecular weight excluding hydrogens is 286 g/mol. The van der Waals surface area contributed by atoms with Gasteiger partial charge in [0.2, 0.25) is 0 Å². The van der Waals surface area contributed by atoms with Crippen molar-refractivity contribution in [3.05, 3.63) is 41.2 Å². The van der Waals surface area contributed by atoms with Crippen LogP contribution in [0.2, 0.25) is 0 Å². The van der Waals surface area contributed by atoms with Crippen molar-refractivity contribution in [1.29, 1.82) is 0 Å². The molecule has 1 aliphatic rings. The Bertz CT molecular complexity index is 669. The largest absolute Gasteiger partial charge is 0.461 e. The van der Waals surface area contributed by atoms with E-state index in [1.807, 2.05) is 18.7 Å². The fourth-order valence-corrected chi connectivity index (χ4v) is 3.75. The first-order valence-electron chi connectivity index (χ1n) is 6.99. The number of rotatable bonds is 4. The van der Waals surface area contributed by atoms with Gasteiger partial charge in [-0.05, 0) is 25.5 Å². The third kappa shape index (κ3) is 2.68. The fraction of sp³-hybridized carbons (Fsp3) is 0.400. The number of hydrogen-bond acceptors (Lipinski definition) is 5. The Morgan fingerprint density at radius 1 is 1.48 bits per heavy atom. The molecule has 110 valence electrons. The van der Waals surface area contributed by atoms with E-state index in [9.17, 15) is 4.79 Å². The van der Waals surface area contributed by atoms with Gasteiger partial charge in [0.1, 0.15) is 0 Å². The number of fused-ring (bicyclic) bond motifs is 1. The van der Waals surface area contributed by atoms with E-state index in [2.05, 4.69) is 34.6 Å². The van der Waals surface area contributed by atoms with Gasteiger partial charge in [-0.25, -0.2) is 9.48 Å². The van der Waals surface area contributed by atoms with Crippen LogP contribution in [0.4, 0.5) is 0 Å². The van der Waals surface area contributed by atoms with E-state index in [4.69, 9.17) is 4.74 Å². The summed E-state index contributed by atoms with van der Waals surface area (Å²) in [5.41, 5.74) is 2.44. The van der Waals surface area contributed by atoms with Gasteiger partial charge in [0.25, 0.3) is 0 Å². The zero-order chi connectivity index (χ0) is 14.8. The van der Waals surface area contributed by atoms with Gasteiger partial charge in [0, 0.05) is 16.6 Å². The summed E-state index contributed by atoms with van der Waals surface area (Å²) in [5, 5.41) is 8.08. The molecule has 1 aromatic carbocycles. The highest BCUT2D eigenvalue weighted by atomic mass is 32.2. The van der Waals surface area contributed by atoms with E-state index in [1.54, 1.807) is 11.6 Å². The Labute approximate surface area is 127 Å². The van der Waals surface area contributed by atoms with E-state index in [0.717, 1.165) is 18.0 Å². The average Bonchev–Trinajstić information content (AvgIpc) is 3.05. The molecule has 2 heterocycles. The van der Waals surface area contributed by atoms with Crippen LogP contribution in [0.15, 0.2) is 29.2 Å². The van der Waals surface area contributed by atoms with Crippen LogP contribution >= 0.6 is 11.8 Å². The van der Waals surface area contributed by atoms with E-state index in [-0.39, 0.29) is 0 Å². The summed E-state index contributed by atoms with van der Waals surface area (Å²) in [6.07, 6.45) is 0. The van der Waals surface area contributed by atoms with Gasteiger partial charge < -0.3 is 4.74 Å². The monoisotopic (exact) mass is 303 g/mol. The summed E-state index contributed by atoms with van der Waals surface area (Å²) in [6, 6.07) is 8.44. The van der Waals surface area contributed by atoms with E-state index in [0.29, 0.717) is 18.2 Å². The van der Waals surface area contributed by atoms with Gasteiger partial charge in [-0.1, -0.05) is 23.4 Å². The number of benzene rings is 1. The van der Waals surface area contributed by atoms with Crippen molar-refractivity contribution in [3.63, 3.8) is 0 Å². The molecule has 0 saturated heterocycles. The molecule has 0 amide bonds. The molecule has 0 radical (unpaired) electrons. The van der Waals surface area contributed by atoms with Crippen molar-refractivity contribution in [3.8, 4) is 0 Å². The normalized spacial score (nSPS) is 16.8. The molecule has 1 unspecified atom stereocenters. The lowest BCUT2D eigenvalue weighted by Gasteiger charge is -2.11. The number of esters is 1. The van der Waals surface area contributed by atoms with Crippen molar-refractivity contribution >= 4 is 17.7 Å². The van der Waals surface area contributed by atoms with E-state index >= 15 is 0 Å². The summed E-state index contributed by atoms with van der Waals surface area (Å²) >= 11 is 1.87. The number of carbonyl (C=O) groups is 1. The highest BCUT2D eigenvalue weighted by Gasteiger charge is 2.25. The minimum atomic E-state index is -0.401. The van der Waals surface area contributed by atoms with Crippen LogP contribution in [-0.4, -0.2) is 33.3 Å². The first-order chi connectivity index (χ1) is 10.2. The molecule has 2 aromatic rings. The number of aromatic nitrogens is 3. The Hall–Kier alpha value is -1.82. The van der Waals surface area contributed by atoms with E-state index in [1.165, 1.54) is 10.5 Å². The molecule has 0 fully saturated rings. The topological polar surface area (TPSA) is 57.0 Å². The lowest BCUT2D eigenvalue weighted by molar-refractivity contribution is 0.0518. The van der Waals surface area contributed by atoms with Gasteiger partial charge in [-0.3, -0.25) is 0 Å². The Balaban J connectivity index is 1.79. The van der Waals surface area contributed by atoms with Crippen molar-refractivity contribution in [2.24, 2.45) is 0 Å². The molecule has 1 atom stereocenters. The molecule has 0 aliphatic carbocycles. The molecule has 3 rings (SSSR count). The first kappa shape index (κ1) is 14.1. The summed E-state index contributed by atoms with van der Waals surface area (Å²) in [7, 11) is 0. The maximum absolute atomic E-state index is 11.8. The zero-order valence-corrected chi connectivity index (χ0v) is 12.9. The molecule has 0 N–H and O–H groups in total. The maximum Gasteiger partial charge on any atom is 0.360 e. The number of nitrogens with zero attached hydrogens (tertiary/aromatic N) is 3. The van der Waals surface area contributed by atoms with E-state index < -0.39 is 5.97 Å². The quantitative estimate of drug-likeness (QED) is 0.813. The van der Waals surface area contributed by atoms with Gasteiger partial charge in [0.15, 0.2) is 5.69 Å². The lowest BCUT2D eigenvalue weighted by Crippen LogP contribution is -2.13. The molecule has 5 nitrogen and oxygen atoms in total. The van der Waals surface area contributed by atoms with Crippen LogP contribution in [-0.2, 0) is 11.3 Å². The number of thioether (sulfide) groups is 1. The second-order valence-electron chi connectivity index (χ2n) is 4.97. The van der Waals surface area contributed by atoms with Crippen molar-refractivity contribution < 1.29 is 9.53 Å². The Kier molecular flexibility index (Phi) is 3.96. The second-order valence-corrected chi connectivity index (χ2v) is 6.03. The lowest BCUT2D eigenvalue weighted by atomic mass is 10.0. The standard InChI is InChI=1S/C15H17N3O2S/c1-3-20-15(19)14-10(2)18(17-16-14)8-11-9-21-13-7-5-4-6-12(11)13/h4-7,11H,3,8-9H2,1-2H3. The number of ether oxygens (including phenoxy) is 1. The molecule has 6 heteroatoms. The highest BCUT2D eigenvalue weighted by molar-refractivity contribution is 7.99. The summed E-state index contributed by atoms with van der Waals surface area (Å²) in [4.78, 5) is 13.1. The van der Waals surface area contributed by atoms with Crippen LogP contribution in [0.1, 0.15) is 34.6 Å². The van der Waals surface area contributed by atoms with Crippen LogP contribution in [0.25, 0.3) is 0 Å². The minimum absolute atomic E-state index is 0.316. The third-order valence-corrected chi connectivity index (χ3v) is 4.90. The first-order valence-corrected chi connectivity index (χ1v) is 7.98. The molecule has 1 aromatic heterocycles. The van der Waals surface area contributed by atoms with Crippen LogP contribution < -0.4 is 0 Å². The predicted molar refractivity (Wildman–Crippen MR) is 80.6 cm³/mol. The molecule has 0 spiro atoms. The van der Waals surface area contributed by atoms with Crippen LogP contribution in [0.5, 0.6) is 0 Å². The molecule has 0 saturated carbocycles. The van der Waals surface area contributed by atoms with Gasteiger partial charge >= 0.3 is 5.97 Å². The smallest absolute Gasteiger partial charge is 0.360 e. The number of carbonyl (C=O) groups excluding carboxylic acids is 1. The Morgan fingerprint density at radius 2 is 2.29 bits per heavy atom. The van der Waals surface area contributed by atoms with Gasteiger partial charge in [0.05, 0.1) is 18.8 Å². The second kappa shape index (κ2) is 5.89. The van der Waals surface area contributed by atoms with Crippen molar-refractivity contribution in [1.82, 2.24) is 15.0 Å². The van der Waals surface area contributed by atoms with Crippen LogP contribution in [0.3, 0.4) is 0 Å². The molecule has 1 aliphatic heterocycles. The Morgan fingerprint density at radius 3 is 3.10 bits per heavy atom. The predicted octanol–water partition coefficient (Wildman–Crippen LogP) is 2.65. The fourth-order valence-electron chi connectivity index (χ4n) is 2.51. The zero-order valence-electron chi connectivity index (χ0n) is 12.1. The highest BCUT2D eigenvalue weighted by Crippen LogP contribution is 2.40. The molecule has 21 heavy (non-hydrogen) atoms. The summed E-state index contributed by atoms with van der Waals surface area (Å²) in [6.45, 7) is 4.73. The third-order valence-electron chi connectivity index (χ3n) is 3.64. The van der Waals surface area contributed by atoms with Crippen molar-refractivity contribution in [2.75, 3.05) is 12.4 Å². The average molecular weight is 303 g/mol. The van der Waals surface area contributed by atoms with Crippen LogP contribution in [0, 0.1) is 6.92 Å². The minimum Gasteiger partial charge on any atom is -0.461 e. The maximum atomic E-state index is 11.8. The van der Waals surface area contributed by atoms with Gasteiger partial charge in [-0.15, -0.1) is 16.9 Å². The molecular formula is C15H17N3O2S. The summed E-state index contributed by atoms with van der Waals surface area (Å²) in [5.74, 6) is 1.04. The molecule has 0 bridgehead atoms.